The fourth-order valence-electron chi connectivity index (χ4n) is 2.57. The summed E-state index contributed by atoms with van der Waals surface area (Å²) in [4.78, 5) is 2.31. The Morgan fingerprint density at radius 3 is 2.29 bits per heavy atom. The molecule has 0 saturated heterocycles. The maximum Gasteiger partial charge on any atom is 0.0638 e. The minimum Gasteiger partial charge on any atom is -0.302 e. The van der Waals surface area contributed by atoms with Crippen LogP contribution in [0.3, 0.4) is 0 Å². The zero-order valence-electron chi connectivity index (χ0n) is 11.8. The predicted octanol–water partition coefficient (Wildman–Crippen LogP) is 1.18. The zero-order valence-corrected chi connectivity index (χ0v) is 13.2. The summed E-state index contributed by atoms with van der Waals surface area (Å²) in [5, 5.41) is 5.50. The summed E-state index contributed by atoms with van der Waals surface area (Å²) in [6.45, 7) is 7.98. The Morgan fingerprint density at radius 2 is 1.82 bits per heavy atom. The number of rotatable bonds is 6. The van der Waals surface area contributed by atoms with Gasteiger partial charge in [0.2, 0.25) is 0 Å². The van der Waals surface area contributed by atoms with E-state index in [0.717, 1.165) is 6.54 Å². The second-order valence-corrected chi connectivity index (χ2v) is 8.57. The Hall–Kier alpha value is -0.643. The third-order valence-electron chi connectivity index (χ3n) is 3.16. The highest BCUT2D eigenvalue weighted by Gasteiger charge is 2.30. The molecule has 0 radical (unpaired) electrons. The number of nitrogens with one attached hydrogen (secondary N) is 1. The molecule has 17 heavy (non-hydrogen) atoms. The van der Waals surface area contributed by atoms with Crippen LogP contribution in [0, 0.1) is 0 Å². The first-order valence-electron chi connectivity index (χ1n) is 6.41. The van der Waals surface area contributed by atoms with E-state index in [9.17, 15) is 0 Å². The van der Waals surface area contributed by atoms with Crippen molar-refractivity contribution in [2.24, 2.45) is 0 Å². The van der Waals surface area contributed by atoms with Crippen molar-refractivity contribution < 1.29 is 0 Å². The molecule has 2 nitrogen and oxygen atoms in total. The van der Waals surface area contributed by atoms with Gasteiger partial charge in [0, 0.05) is 0 Å². The Balaban J connectivity index is 2.78. The van der Waals surface area contributed by atoms with Crippen LogP contribution in [0.2, 0.25) is 5.04 Å². The smallest absolute Gasteiger partial charge is 0.0638 e. The van der Waals surface area contributed by atoms with E-state index < -0.39 is 0 Å². The number of nitrogens with zero attached hydrogens (tertiary/aromatic N) is 1. The summed E-state index contributed by atoms with van der Waals surface area (Å²) >= 11 is 0. The van der Waals surface area contributed by atoms with Gasteiger partial charge >= 0.3 is 0 Å². The minimum absolute atomic E-state index is 0.298. The summed E-state index contributed by atoms with van der Waals surface area (Å²) in [5.41, 5.74) is 0. The minimum atomic E-state index is -0.298. The quantitative estimate of drug-likeness (QED) is 0.602. The molecule has 96 valence electrons. The van der Waals surface area contributed by atoms with Crippen molar-refractivity contribution in [3.63, 3.8) is 0 Å². The van der Waals surface area contributed by atoms with Crippen LogP contribution in [0.1, 0.15) is 20.8 Å². The molecule has 0 saturated carbocycles. The van der Waals surface area contributed by atoms with Crippen molar-refractivity contribution in [3.05, 3.63) is 30.3 Å². The molecule has 1 unspecified atom stereocenters. The van der Waals surface area contributed by atoms with Crippen LogP contribution in [0.25, 0.3) is 0 Å². The average Bonchev–Trinajstić information content (AvgIpc) is 2.26. The molecule has 0 aliphatic heterocycles. The van der Waals surface area contributed by atoms with Gasteiger partial charge in [-0.3, -0.25) is 4.90 Å². The highest BCUT2D eigenvalue weighted by Crippen LogP contribution is 2.28. The van der Waals surface area contributed by atoms with E-state index in [1.165, 1.54) is 0 Å². The van der Waals surface area contributed by atoms with Gasteiger partial charge < -0.3 is 5.32 Å². The Labute approximate surface area is 108 Å². The first kappa shape index (κ1) is 14.4. The molecule has 1 aromatic carbocycles. The topological polar surface area (TPSA) is 15.3 Å². The summed E-state index contributed by atoms with van der Waals surface area (Å²) in [6, 6.07) is 10.9. The number of benzene rings is 1. The molecule has 0 bridgehead atoms. The maximum absolute atomic E-state index is 3.60. The van der Waals surface area contributed by atoms with Gasteiger partial charge in [-0.25, -0.2) is 0 Å². The Bertz CT molecular complexity index is 322. The molecule has 0 amide bonds. The third kappa shape index (κ3) is 4.26. The van der Waals surface area contributed by atoms with Crippen molar-refractivity contribution in [2.45, 2.75) is 32.0 Å². The van der Waals surface area contributed by atoms with E-state index in [4.69, 9.17) is 0 Å². The molecule has 0 heterocycles. The van der Waals surface area contributed by atoms with Gasteiger partial charge in [-0.2, -0.15) is 0 Å². The second-order valence-electron chi connectivity index (χ2n) is 5.57. The molecule has 1 atom stereocenters. The molecule has 1 N–H and O–H groups in total. The number of hydrogen-bond donors (Lipinski definition) is 1. The first-order valence-corrected chi connectivity index (χ1v) is 7.82. The van der Waals surface area contributed by atoms with Crippen LogP contribution in [0.5, 0.6) is 0 Å². The van der Waals surface area contributed by atoms with E-state index >= 15 is 0 Å². The molecule has 0 fully saturated rings. The van der Waals surface area contributed by atoms with Gasteiger partial charge in [0.25, 0.3) is 0 Å². The first-order chi connectivity index (χ1) is 7.97. The van der Waals surface area contributed by atoms with Crippen molar-refractivity contribution >= 4 is 14.7 Å². The summed E-state index contributed by atoms with van der Waals surface area (Å²) in [5.74, 6) is 0. The molecule has 0 aliphatic rings. The van der Waals surface area contributed by atoms with E-state index in [1.807, 2.05) is 0 Å². The summed E-state index contributed by atoms with van der Waals surface area (Å²) < 4.78 is 0. The molecule has 1 rings (SSSR count). The fraction of sp³-hybridized carbons (Fsp3) is 0.571. The van der Waals surface area contributed by atoms with Gasteiger partial charge in [-0.1, -0.05) is 56.3 Å². The molecular weight excluding hydrogens is 224 g/mol. The SMILES string of the molecule is CCNC(N(C)C)C(C)(C)[SiH2]c1ccccc1. The lowest BCUT2D eigenvalue weighted by molar-refractivity contribution is 0.201. The van der Waals surface area contributed by atoms with Gasteiger partial charge in [-0.05, 0) is 25.7 Å². The van der Waals surface area contributed by atoms with E-state index in [2.05, 4.69) is 75.4 Å². The van der Waals surface area contributed by atoms with E-state index in [-0.39, 0.29) is 9.52 Å². The highest BCUT2D eigenvalue weighted by atomic mass is 28.2. The van der Waals surface area contributed by atoms with Crippen molar-refractivity contribution in [3.8, 4) is 0 Å². The van der Waals surface area contributed by atoms with Crippen molar-refractivity contribution in [2.75, 3.05) is 20.6 Å². The monoisotopic (exact) mass is 250 g/mol. The molecule has 0 aliphatic carbocycles. The van der Waals surface area contributed by atoms with Crippen LogP contribution >= 0.6 is 0 Å². The summed E-state index contributed by atoms with van der Waals surface area (Å²) in [6.07, 6.45) is 0.458. The molecule has 0 spiro atoms. The lowest BCUT2D eigenvalue weighted by Crippen LogP contribution is -2.51. The van der Waals surface area contributed by atoms with Gasteiger partial charge in [-0.15, -0.1) is 0 Å². The lowest BCUT2D eigenvalue weighted by atomic mass is 10.1. The van der Waals surface area contributed by atoms with Gasteiger partial charge in [0.05, 0.1) is 15.7 Å². The predicted molar refractivity (Wildman–Crippen MR) is 79.8 cm³/mol. The van der Waals surface area contributed by atoms with E-state index in [1.54, 1.807) is 5.19 Å². The van der Waals surface area contributed by atoms with Crippen molar-refractivity contribution in [1.82, 2.24) is 10.2 Å². The lowest BCUT2D eigenvalue weighted by Gasteiger charge is -2.39. The Kier molecular flexibility index (Phi) is 5.37. The highest BCUT2D eigenvalue weighted by molar-refractivity contribution is 6.56. The fourth-order valence-corrected chi connectivity index (χ4v) is 4.83. The largest absolute Gasteiger partial charge is 0.302 e. The van der Waals surface area contributed by atoms with Gasteiger partial charge in [0.15, 0.2) is 0 Å². The Morgan fingerprint density at radius 1 is 1.24 bits per heavy atom. The molecule has 0 aromatic heterocycles. The standard InChI is InChI=1S/C14H26N2Si/c1-6-15-13(16(4)5)14(2,3)17-12-10-8-7-9-11-12/h7-11,13,15H,6,17H2,1-5H3. The zero-order chi connectivity index (χ0) is 12.9. The number of hydrogen-bond acceptors (Lipinski definition) is 2. The van der Waals surface area contributed by atoms with E-state index in [0.29, 0.717) is 11.2 Å². The molecular formula is C14H26N2Si. The third-order valence-corrected chi connectivity index (χ3v) is 5.33. The molecule has 3 heteroatoms. The van der Waals surface area contributed by atoms with Crippen LogP contribution in [0.4, 0.5) is 0 Å². The maximum atomic E-state index is 3.60. The molecule has 1 aromatic rings. The van der Waals surface area contributed by atoms with Crippen LogP contribution < -0.4 is 10.5 Å². The summed E-state index contributed by atoms with van der Waals surface area (Å²) in [7, 11) is 4.02. The normalized spacial score (nSPS) is 14.7. The van der Waals surface area contributed by atoms with Crippen LogP contribution in [-0.4, -0.2) is 41.2 Å². The van der Waals surface area contributed by atoms with Crippen molar-refractivity contribution in [1.29, 1.82) is 0 Å². The average molecular weight is 250 g/mol. The van der Waals surface area contributed by atoms with Crippen LogP contribution in [-0.2, 0) is 0 Å². The van der Waals surface area contributed by atoms with Gasteiger partial charge in [0.1, 0.15) is 0 Å². The second kappa shape index (κ2) is 6.33. The van der Waals surface area contributed by atoms with Crippen LogP contribution in [0.15, 0.2) is 30.3 Å².